The van der Waals surface area contributed by atoms with Gasteiger partial charge in [-0.25, -0.2) is 0 Å². The van der Waals surface area contributed by atoms with Crippen LogP contribution in [-0.4, -0.2) is 103 Å². The monoisotopic (exact) mass is 413 g/mol. The van der Waals surface area contributed by atoms with Crippen LogP contribution < -0.4 is 0 Å². The molecule has 0 unspecified atom stereocenters. The number of methoxy groups -OCH3 is 2. The highest BCUT2D eigenvalue weighted by Gasteiger charge is 2.19. The molecule has 0 spiro atoms. The van der Waals surface area contributed by atoms with Crippen LogP contribution in [0.25, 0.3) is 0 Å². The average molecular weight is 414 g/mol. The average Bonchev–Trinajstić information content (AvgIpc) is 2.73. The van der Waals surface area contributed by atoms with Crippen molar-refractivity contribution >= 4 is 9.52 Å². The van der Waals surface area contributed by atoms with Gasteiger partial charge in [0.15, 0.2) is 0 Å². The summed E-state index contributed by atoms with van der Waals surface area (Å²) in [7, 11) is 4.16. The van der Waals surface area contributed by atoms with Crippen LogP contribution in [0.3, 0.4) is 0 Å². The quantitative estimate of drug-likeness (QED) is 0.195. The summed E-state index contributed by atoms with van der Waals surface area (Å²) in [6, 6.07) is 0. The molecule has 0 amide bonds. The van der Waals surface area contributed by atoms with Gasteiger partial charge in [-0.1, -0.05) is 52.4 Å². The number of ether oxygens (including phenoxy) is 2. The zero-order valence-corrected chi connectivity index (χ0v) is 20.3. The van der Waals surface area contributed by atoms with Gasteiger partial charge >= 0.3 is 0 Å². The third-order valence-electron chi connectivity index (χ3n) is 5.76. The highest BCUT2D eigenvalue weighted by atomic mass is 28.2. The molecule has 0 aromatic heterocycles. The standard InChI is InChI=1S/C22H47N3O2Si/c1-5-7-9-11-13-23(14-12-10-8-6-2)15-16-24-17-19-25(20-18-24)21-28-22(26-3)27-4/h22H,5-21H2,1-4H3. The van der Waals surface area contributed by atoms with E-state index in [1.807, 2.05) is 0 Å². The fraction of sp³-hybridized carbons (Fsp3) is 1.00. The van der Waals surface area contributed by atoms with Gasteiger partial charge in [0.05, 0.1) is 0 Å². The molecule has 1 rings (SSSR count). The molecule has 0 atom stereocenters. The van der Waals surface area contributed by atoms with Gasteiger partial charge in [-0.15, -0.1) is 0 Å². The number of hydrogen-bond donors (Lipinski definition) is 0. The van der Waals surface area contributed by atoms with Crippen molar-refractivity contribution in [3.05, 3.63) is 0 Å². The van der Waals surface area contributed by atoms with Crippen LogP contribution >= 0.6 is 0 Å². The molecule has 0 aliphatic carbocycles. The van der Waals surface area contributed by atoms with Gasteiger partial charge in [0.25, 0.3) is 0 Å². The first-order chi connectivity index (χ1) is 13.7. The normalized spacial score (nSPS) is 16.5. The molecule has 2 radical (unpaired) electrons. The molecule has 1 heterocycles. The number of piperazine rings is 1. The summed E-state index contributed by atoms with van der Waals surface area (Å²) in [5.74, 6) is -0.0352. The predicted molar refractivity (Wildman–Crippen MR) is 121 cm³/mol. The predicted octanol–water partition coefficient (Wildman–Crippen LogP) is 3.30. The van der Waals surface area contributed by atoms with Crippen LogP contribution in [0, 0.1) is 0 Å². The van der Waals surface area contributed by atoms with Gasteiger partial charge in [0.2, 0.25) is 0 Å². The molecular formula is C22H47N3O2Si. The second kappa shape index (κ2) is 17.8. The maximum atomic E-state index is 5.32. The smallest absolute Gasteiger partial charge is 0.137 e. The van der Waals surface area contributed by atoms with Crippen molar-refractivity contribution in [2.24, 2.45) is 0 Å². The Morgan fingerprint density at radius 1 is 0.750 bits per heavy atom. The molecule has 5 nitrogen and oxygen atoms in total. The first-order valence-corrected chi connectivity index (χ1v) is 13.0. The van der Waals surface area contributed by atoms with Gasteiger partial charge in [0, 0.05) is 53.5 Å². The minimum atomic E-state index is -0.0352. The van der Waals surface area contributed by atoms with Crippen LogP contribution in [0.1, 0.15) is 65.2 Å². The topological polar surface area (TPSA) is 28.2 Å². The Morgan fingerprint density at radius 2 is 1.29 bits per heavy atom. The van der Waals surface area contributed by atoms with E-state index in [1.165, 1.54) is 104 Å². The third kappa shape index (κ3) is 12.6. The minimum absolute atomic E-state index is 0.0352. The maximum Gasteiger partial charge on any atom is 0.137 e. The number of hydrogen-bond acceptors (Lipinski definition) is 5. The molecule has 1 saturated heterocycles. The Morgan fingerprint density at radius 3 is 1.79 bits per heavy atom. The molecule has 1 aliphatic heterocycles. The minimum Gasteiger partial charge on any atom is -0.360 e. The largest absolute Gasteiger partial charge is 0.360 e. The van der Waals surface area contributed by atoms with Crippen molar-refractivity contribution in [1.29, 1.82) is 0 Å². The molecule has 1 fully saturated rings. The van der Waals surface area contributed by atoms with Crippen LogP contribution in [0.5, 0.6) is 0 Å². The third-order valence-corrected chi connectivity index (χ3v) is 7.20. The van der Waals surface area contributed by atoms with Gasteiger partial charge in [0.1, 0.15) is 15.4 Å². The second-order valence-corrected chi connectivity index (χ2v) is 9.28. The fourth-order valence-corrected chi connectivity index (χ4v) is 4.84. The molecule has 0 N–H and O–H groups in total. The lowest BCUT2D eigenvalue weighted by molar-refractivity contribution is -0.0451. The van der Waals surface area contributed by atoms with E-state index >= 15 is 0 Å². The van der Waals surface area contributed by atoms with E-state index in [4.69, 9.17) is 9.47 Å². The van der Waals surface area contributed by atoms with E-state index in [9.17, 15) is 0 Å². The lowest BCUT2D eigenvalue weighted by Gasteiger charge is -2.36. The Hall–Kier alpha value is 0.0169. The molecule has 1 aliphatic rings. The summed E-state index contributed by atoms with van der Waals surface area (Å²) >= 11 is 0. The van der Waals surface area contributed by atoms with Crippen LogP contribution in [-0.2, 0) is 9.47 Å². The summed E-state index contributed by atoms with van der Waals surface area (Å²) in [4.78, 5) is 7.96. The van der Waals surface area contributed by atoms with E-state index < -0.39 is 0 Å². The number of rotatable bonds is 18. The van der Waals surface area contributed by atoms with Crippen molar-refractivity contribution in [1.82, 2.24) is 14.7 Å². The van der Waals surface area contributed by atoms with Crippen LogP contribution in [0.2, 0.25) is 0 Å². The number of unbranched alkanes of at least 4 members (excludes halogenated alkanes) is 6. The lowest BCUT2D eigenvalue weighted by atomic mass is 10.1. The van der Waals surface area contributed by atoms with Crippen molar-refractivity contribution in [2.45, 2.75) is 71.1 Å². The molecule has 6 heteroatoms. The van der Waals surface area contributed by atoms with Gasteiger partial charge in [-0.05, 0) is 32.1 Å². The van der Waals surface area contributed by atoms with Crippen molar-refractivity contribution in [2.75, 3.05) is 72.7 Å². The van der Waals surface area contributed by atoms with Crippen LogP contribution in [0.15, 0.2) is 0 Å². The SMILES string of the molecule is CCCCCCN(CCCCCC)CCN1CCN(C[Si]C(OC)OC)CC1. The molecule has 166 valence electrons. The summed E-state index contributed by atoms with van der Waals surface area (Å²) in [5, 5.41) is 0. The molecule has 0 aromatic carbocycles. The molecule has 28 heavy (non-hydrogen) atoms. The summed E-state index contributed by atoms with van der Waals surface area (Å²) < 4.78 is 10.6. The molecule has 0 bridgehead atoms. The maximum absolute atomic E-state index is 5.32. The molecular weight excluding hydrogens is 366 g/mol. The van der Waals surface area contributed by atoms with Crippen LogP contribution in [0.4, 0.5) is 0 Å². The number of nitrogens with zero attached hydrogens (tertiary/aromatic N) is 3. The summed E-state index contributed by atoms with van der Waals surface area (Å²) in [6.07, 6.45) is 12.1. The van der Waals surface area contributed by atoms with Gasteiger partial charge in [-0.2, -0.15) is 0 Å². The summed E-state index contributed by atoms with van der Waals surface area (Å²) in [6.45, 7) is 14.4. The van der Waals surface area contributed by atoms with E-state index in [2.05, 4.69) is 28.5 Å². The Balaban J connectivity index is 2.23. The Labute approximate surface area is 177 Å². The van der Waals surface area contributed by atoms with E-state index in [0.29, 0.717) is 9.52 Å². The lowest BCUT2D eigenvalue weighted by Crippen LogP contribution is -2.50. The second-order valence-electron chi connectivity index (χ2n) is 8.09. The van der Waals surface area contributed by atoms with Crippen molar-refractivity contribution in [3.63, 3.8) is 0 Å². The fourth-order valence-electron chi connectivity index (χ4n) is 3.78. The Kier molecular flexibility index (Phi) is 16.6. The highest BCUT2D eigenvalue weighted by Crippen LogP contribution is 2.07. The van der Waals surface area contributed by atoms with E-state index in [-0.39, 0.29) is 5.91 Å². The summed E-state index contributed by atoms with van der Waals surface area (Å²) in [5.41, 5.74) is 0. The van der Waals surface area contributed by atoms with E-state index in [1.54, 1.807) is 14.2 Å². The van der Waals surface area contributed by atoms with Gasteiger partial charge in [-0.3, -0.25) is 4.90 Å². The van der Waals surface area contributed by atoms with Crippen molar-refractivity contribution in [3.8, 4) is 0 Å². The van der Waals surface area contributed by atoms with Gasteiger partial charge < -0.3 is 19.3 Å². The zero-order valence-electron chi connectivity index (χ0n) is 19.3. The zero-order chi connectivity index (χ0) is 20.5. The molecule has 0 saturated carbocycles. The molecule has 0 aromatic rings. The first kappa shape index (κ1) is 26.1. The first-order valence-electron chi connectivity index (χ1n) is 11.7. The Bertz CT molecular complexity index is 326. The van der Waals surface area contributed by atoms with E-state index in [0.717, 1.165) is 6.17 Å². The van der Waals surface area contributed by atoms with Crippen molar-refractivity contribution < 1.29 is 9.47 Å². The highest BCUT2D eigenvalue weighted by molar-refractivity contribution is 6.36.